The lowest BCUT2D eigenvalue weighted by Gasteiger charge is -2.20. The summed E-state index contributed by atoms with van der Waals surface area (Å²) in [5, 5.41) is 5.43. The van der Waals surface area contributed by atoms with Crippen LogP contribution < -0.4 is 15.4 Å². The van der Waals surface area contributed by atoms with Gasteiger partial charge in [-0.1, -0.05) is 6.07 Å². The third kappa shape index (κ3) is 4.09. The highest BCUT2D eigenvalue weighted by Gasteiger charge is 2.29. The topological polar surface area (TPSA) is 87.7 Å². The lowest BCUT2D eigenvalue weighted by Crippen LogP contribution is -2.32. The molecule has 154 valence electrons. The molecule has 1 aliphatic heterocycles. The molecule has 4 rings (SSSR count). The zero-order valence-electron chi connectivity index (χ0n) is 16.4. The molecule has 0 unspecified atom stereocenters. The van der Waals surface area contributed by atoms with Crippen molar-refractivity contribution in [1.82, 2.24) is 9.62 Å². The highest BCUT2D eigenvalue weighted by Crippen LogP contribution is 2.31. The first-order valence-electron chi connectivity index (χ1n) is 9.90. The number of nitrogens with zero attached hydrogens (tertiary/aromatic N) is 1. The maximum atomic E-state index is 13.3. The first-order valence-corrected chi connectivity index (χ1v) is 11.3. The summed E-state index contributed by atoms with van der Waals surface area (Å²) in [6, 6.07) is 10.4. The second-order valence-corrected chi connectivity index (χ2v) is 9.22. The van der Waals surface area contributed by atoms with Crippen molar-refractivity contribution in [2.75, 3.05) is 25.0 Å². The minimum Gasteiger partial charge on any atom is -0.492 e. The Balaban J connectivity index is 1.59. The van der Waals surface area contributed by atoms with Gasteiger partial charge in [0.2, 0.25) is 10.0 Å². The minimum atomic E-state index is -3.64. The van der Waals surface area contributed by atoms with E-state index in [0.29, 0.717) is 22.9 Å². The van der Waals surface area contributed by atoms with Crippen LogP contribution in [0, 0.1) is 0 Å². The lowest BCUT2D eigenvalue weighted by molar-refractivity contribution is 0.252. The van der Waals surface area contributed by atoms with Crippen LogP contribution in [0.1, 0.15) is 30.0 Å². The molecule has 0 bridgehead atoms. The zero-order valence-corrected chi connectivity index (χ0v) is 17.2. The molecular formula is C21H25N3O4S. The van der Waals surface area contributed by atoms with Crippen molar-refractivity contribution in [3.63, 3.8) is 0 Å². The van der Waals surface area contributed by atoms with Gasteiger partial charge < -0.3 is 15.4 Å². The summed E-state index contributed by atoms with van der Waals surface area (Å²) in [5.41, 5.74) is 3.69. The molecule has 2 aromatic carbocycles. The van der Waals surface area contributed by atoms with E-state index in [1.165, 1.54) is 9.87 Å². The van der Waals surface area contributed by atoms with Crippen molar-refractivity contribution in [2.24, 2.45) is 0 Å². The molecule has 2 aliphatic rings. The Bertz CT molecular complexity index is 1040. The van der Waals surface area contributed by atoms with Crippen molar-refractivity contribution >= 4 is 21.7 Å². The van der Waals surface area contributed by atoms with Crippen LogP contribution in [-0.4, -0.2) is 38.5 Å². The molecule has 0 saturated heterocycles. The second-order valence-electron chi connectivity index (χ2n) is 7.28. The molecule has 0 saturated carbocycles. The van der Waals surface area contributed by atoms with E-state index in [4.69, 9.17) is 4.74 Å². The van der Waals surface area contributed by atoms with Crippen LogP contribution in [0.25, 0.3) is 0 Å². The number of amides is 2. The maximum absolute atomic E-state index is 13.3. The average Bonchev–Trinajstić information content (AvgIpc) is 3.06. The normalized spacial score (nSPS) is 16.3. The molecular weight excluding hydrogens is 390 g/mol. The number of benzene rings is 2. The number of urea groups is 1. The fourth-order valence-corrected chi connectivity index (χ4v) is 5.30. The number of aryl methyl sites for hydroxylation is 2. The number of hydrogen-bond acceptors (Lipinski definition) is 4. The molecule has 0 aromatic heterocycles. The predicted molar refractivity (Wildman–Crippen MR) is 111 cm³/mol. The summed E-state index contributed by atoms with van der Waals surface area (Å²) in [7, 11) is -3.64. The van der Waals surface area contributed by atoms with Gasteiger partial charge in [0.25, 0.3) is 0 Å². The van der Waals surface area contributed by atoms with Crippen molar-refractivity contribution in [2.45, 2.75) is 37.6 Å². The largest absolute Gasteiger partial charge is 0.492 e. The molecule has 29 heavy (non-hydrogen) atoms. The Kier molecular flexibility index (Phi) is 5.47. The SMILES string of the molecule is CCNC(=O)Nc1ccc2c(c1)CN(S(=O)(=O)c1ccc3c(c1)CCC3)CCO2. The Labute approximate surface area is 171 Å². The first-order chi connectivity index (χ1) is 14.0. The van der Waals surface area contributed by atoms with E-state index in [1.807, 2.05) is 19.1 Å². The molecule has 0 atom stereocenters. The van der Waals surface area contributed by atoms with Crippen molar-refractivity contribution < 1.29 is 17.9 Å². The van der Waals surface area contributed by atoms with Crippen LogP contribution in [0.4, 0.5) is 10.5 Å². The fourth-order valence-electron chi connectivity index (χ4n) is 3.85. The van der Waals surface area contributed by atoms with E-state index in [1.54, 1.807) is 24.3 Å². The second kappa shape index (κ2) is 8.04. The van der Waals surface area contributed by atoms with Crippen LogP contribution >= 0.6 is 0 Å². The highest BCUT2D eigenvalue weighted by atomic mass is 32.2. The van der Waals surface area contributed by atoms with Crippen LogP contribution in [-0.2, 0) is 29.4 Å². The third-order valence-electron chi connectivity index (χ3n) is 5.31. The Morgan fingerprint density at radius 2 is 1.93 bits per heavy atom. The quantitative estimate of drug-likeness (QED) is 0.804. The van der Waals surface area contributed by atoms with Crippen molar-refractivity contribution in [3.8, 4) is 5.75 Å². The summed E-state index contributed by atoms with van der Waals surface area (Å²) in [6.45, 7) is 3.10. The first kappa shape index (κ1) is 19.7. The monoisotopic (exact) mass is 415 g/mol. The van der Waals surface area contributed by atoms with Crippen LogP contribution in [0.5, 0.6) is 5.75 Å². The number of anilines is 1. The Hall–Kier alpha value is -2.58. The van der Waals surface area contributed by atoms with Crippen molar-refractivity contribution in [3.05, 3.63) is 53.1 Å². The lowest BCUT2D eigenvalue weighted by atomic mass is 10.1. The van der Waals surface area contributed by atoms with Gasteiger partial charge in [0.15, 0.2) is 0 Å². The van der Waals surface area contributed by atoms with Crippen LogP contribution in [0.3, 0.4) is 0 Å². The van der Waals surface area contributed by atoms with Crippen LogP contribution in [0.15, 0.2) is 41.3 Å². The van der Waals surface area contributed by atoms with Gasteiger partial charge in [-0.15, -0.1) is 0 Å². The standard InChI is InChI=1S/C21H25N3O4S/c1-2-22-21(25)23-18-7-9-20-17(12-18)14-24(10-11-28-20)29(26,27)19-8-6-15-4-3-5-16(15)13-19/h6-9,12-13H,2-5,10-11,14H2,1H3,(H2,22,23,25). The molecule has 0 fully saturated rings. The summed E-state index contributed by atoms with van der Waals surface area (Å²) < 4.78 is 33.8. The molecule has 7 nitrogen and oxygen atoms in total. The molecule has 0 spiro atoms. The number of rotatable bonds is 4. The van der Waals surface area contributed by atoms with Gasteiger partial charge in [0.1, 0.15) is 12.4 Å². The average molecular weight is 416 g/mol. The molecule has 2 aromatic rings. The van der Waals surface area contributed by atoms with Gasteiger partial charge >= 0.3 is 6.03 Å². The highest BCUT2D eigenvalue weighted by molar-refractivity contribution is 7.89. The molecule has 2 N–H and O–H groups in total. The van der Waals surface area contributed by atoms with Gasteiger partial charge in [0, 0.05) is 30.9 Å². The Morgan fingerprint density at radius 3 is 2.76 bits per heavy atom. The molecule has 1 aliphatic carbocycles. The number of ether oxygens (including phenoxy) is 1. The van der Waals surface area contributed by atoms with Gasteiger partial charge in [-0.2, -0.15) is 4.31 Å². The van der Waals surface area contributed by atoms with Gasteiger partial charge in [-0.25, -0.2) is 13.2 Å². The molecule has 8 heteroatoms. The third-order valence-corrected chi connectivity index (χ3v) is 7.15. The number of hydrogen-bond donors (Lipinski definition) is 2. The number of nitrogens with one attached hydrogen (secondary N) is 2. The van der Waals surface area contributed by atoms with Gasteiger partial charge in [-0.05, 0) is 67.6 Å². The number of fused-ring (bicyclic) bond motifs is 2. The van der Waals surface area contributed by atoms with E-state index in [-0.39, 0.29) is 25.7 Å². The summed E-state index contributed by atoms with van der Waals surface area (Å²) in [4.78, 5) is 12.1. The van der Waals surface area contributed by atoms with E-state index in [2.05, 4.69) is 10.6 Å². The minimum absolute atomic E-state index is 0.194. The smallest absolute Gasteiger partial charge is 0.319 e. The van der Waals surface area contributed by atoms with E-state index >= 15 is 0 Å². The van der Waals surface area contributed by atoms with E-state index in [9.17, 15) is 13.2 Å². The van der Waals surface area contributed by atoms with E-state index in [0.717, 1.165) is 30.4 Å². The fraction of sp³-hybridized carbons (Fsp3) is 0.381. The molecule has 0 radical (unpaired) electrons. The van der Waals surface area contributed by atoms with Gasteiger partial charge in [-0.3, -0.25) is 0 Å². The number of carbonyl (C=O) groups is 1. The number of carbonyl (C=O) groups excluding carboxylic acids is 1. The maximum Gasteiger partial charge on any atom is 0.319 e. The molecule has 2 amide bonds. The van der Waals surface area contributed by atoms with Crippen LogP contribution in [0.2, 0.25) is 0 Å². The zero-order chi connectivity index (χ0) is 20.4. The summed E-state index contributed by atoms with van der Waals surface area (Å²) in [6.07, 6.45) is 3.02. The summed E-state index contributed by atoms with van der Waals surface area (Å²) >= 11 is 0. The number of sulfonamides is 1. The van der Waals surface area contributed by atoms with E-state index < -0.39 is 10.0 Å². The Morgan fingerprint density at radius 1 is 1.10 bits per heavy atom. The van der Waals surface area contributed by atoms with Crippen molar-refractivity contribution in [1.29, 1.82) is 0 Å². The predicted octanol–water partition coefficient (Wildman–Crippen LogP) is 2.90. The van der Waals surface area contributed by atoms with Gasteiger partial charge in [0.05, 0.1) is 4.90 Å². The summed E-state index contributed by atoms with van der Waals surface area (Å²) in [5.74, 6) is 0.637. The molecule has 1 heterocycles.